The van der Waals surface area contributed by atoms with Gasteiger partial charge in [0.05, 0.1) is 18.2 Å². The number of nitrogens with zero attached hydrogens (tertiary/aromatic N) is 3. The largest absolute Gasteiger partial charge is 0.459 e. The highest BCUT2D eigenvalue weighted by molar-refractivity contribution is 5.89. The third-order valence-corrected chi connectivity index (χ3v) is 5.15. The van der Waals surface area contributed by atoms with Crippen LogP contribution in [0.5, 0.6) is 0 Å². The lowest BCUT2D eigenvalue weighted by Gasteiger charge is -2.24. The summed E-state index contributed by atoms with van der Waals surface area (Å²) in [7, 11) is 0. The van der Waals surface area contributed by atoms with Crippen LogP contribution in [0.15, 0.2) is 47.8 Å². The number of imidazole rings is 1. The fraction of sp³-hybridized carbons (Fsp3) is 0.400. The van der Waals surface area contributed by atoms with E-state index in [0.717, 1.165) is 0 Å². The van der Waals surface area contributed by atoms with Gasteiger partial charge in [-0.1, -0.05) is 18.2 Å². The van der Waals surface area contributed by atoms with Crippen LogP contribution in [0.1, 0.15) is 30.4 Å². The SMILES string of the molecule is CC1(C)O[C@@H]2[C@H](O1)[C@@H](COC(=O)c1ccccc1)O[C@@H]2n1cnc2c(=O)[nH]cnc21. The molecule has 0 unspecified atom stereocenters. The molecule has 4 atom stereocenters. The molecule has 2 aromatic heterocycles. The van der Waals surface area contributed by atoms with Crippen LogP contribution in [-0.2, 0) is 18.9 Å². The smallest absolute Gasteiger partial charge is 0.338 e. The van der Waals surface area contributed by atoms with Crippen LogP contribution in [0.2, 0.25) is 0 Å². The van der Waals surface area contributed by atoms with E-state index in [9.17, 15) is 9.59 Å². The second-order valence-corrected chi connectivity index (χ2v) is 7.65. The molecule has 0 spiro atoms. The minimum Gasteiger partial charge on any atom is -0.459 e. The van der Waals surface area contributed by atoms with Gasteiger partial charge in [0, 0.05) is 0 Å². The molecule has 2 aliphatic heterocycles. The molecule has 0 amide bonds. The number of carbonyl (C=O) groups excluding carboxylic acids is 1. The molecule has 156 valence electrons. The van der Waals surface area contributed by atoms with Crippen molar-refractivity contribution in [3.63, 3.8) is 0 Å². The molecule has 4 heterocycles. The Morgan fingerprint density at radius 1 is 1.20 bits per heavy atom. The van der Waals surface area contributed by atoms with Gasteiger partial charge in [0.15, 0.2) is 23.2 Å². The van der Waals surface area contributed by atoms with E-state index in [1.807, 2.05) is 19.9 Å². The molecule has 0 aliphatic carbocycles. The number of benzene rings is 1. The van der Waals surface area contributed by atoms with Gasteiger partial charge >= 0.3 is 5.97 Å². The Kier molecular flexibility index (Phi) is 4.42. The maximum absolute atomic E-state index is 12.3. The van der Waals surface area contributed by atoms with E-state index in [2.05, 4.69) is 15.0 Å². The van der Waals surface area contributed by atoms with Crippen LogP contribution >= 0.6 is 0 Å². The Bertz CT molecular complexity index is 1140. The molecule has 1 aromatic carbocycles. The molecule has 2 saturated heterocycles. The van der Waals surface area contributed by atoms with Crippen LogP contribution in [0.25, 0.3) is 11.2 Å². The van der Waals surface area contributed by atoms with Gasteiger partial charge in [0.2, 0.25) is 0 Å². The standard InChI is InChI=1S/C20H20N4O6/c1-20(2)29-14-12(8-27-19(26)11-6-4-3-5-7-11)28-18(15(14)30-20)24-10-23-13-16(24)21-9-22-17(13)25/h3-7,9-10,12,14-15,18H,8H2,1-2H3,(H,21,22,25)/t12-,14-,15-,18+/m1/s1. The summed E-state index contributed by atoms with van der Waals surface area (Å²) < 4.78 is 25.3. The number of nitrogens with one attached hydrogen (secondary N) is 1. The molecule has 30 heavy (non-hydrogen) atoms. The van der Waals surface area contributed by atoms with Gasteiger partial charge in [0.1, 0.15) is 24.9 Å². The molecule has 2 fully saturated rings. The maximum atomic E-state index is 12.3. The van der Waals surface area contributed by atoms with E-state index in [0.29, 0.717) is 11.2 Å². The minimum atomic E-state index is -0.833. The van der Waals surface area contributed by atoms with Gasteiger partial charge < -0.3 is 23.9 Å². The Morgan fingerprint density at radius 3 is 2.77 bits per heavy atom. The monoisotopic (exact) mass is 412 g/mol. The van der Waals surface area contributed by atoms with Crippen molar-refractivity contribution < 1.29 is 23.7 Å². The van der Waals surface area contributed by atoms with E-state index in [4.69, 9.17) is 18.9 Å². The average Bonchev–Trinajstić information content (AvgIpc) is 3.38. The van der Waals surface area contributed by atoms with E-state index < -0.39 is 36.3 Å². The molecule has 0 radical (unpaired) electrons. The van der Waals surface area contributed by atoms with Crippen molar-refractivity contribution in [3.8, 4) is 0 Å². The zero-order chi connectivity index (χ0) is 20.9. The summed E-state index contributed by atoms with van der Waals surface area (Å²) in [6.45, 7) is 3.61. The number of esters is 1. The summed E-state index contributed by atoms with van der Waals surface area (Å²) in [6, 6.07) is 8.73. The first kappa shape index (κ1) is 18.9. The summed E-state index contributed by atoms with van der Waals surface area (Å²) in [5.74, 6) is -1.28. The van der Waals surface area contributed by atoms with Crippen molar-refractivity contribution in [2.24, 2.45) is 0 Å². The summed E-state index contributed by atoms with van der Waals surface area (Å²) in [5.41, 5.74) is 0.689. The molecule has 0 saturated carbocycles. The van der Waals surface area contributed by atoms with Crippen molar-refractivity contribution in [3.05, 3.63) is 58.9 Å². The maximum Gasteiger partial charge on any atom is 0.338 e. The lowest BCUT2D eigenvalue weighted by molar-refractivity contribution is -0.199. The highest BCUT2D eigenvalue weighted by Gasteiger charge is 2.56. The third kappa shape index (κ3) is 3.18. The van der Waals surface area contributed by atoms with Crippen molar-refractivity contribution in [2.75, 3.05) is 6.61 Å². The van der Waals surface area contributed by atoms with Crippen molar-refractivity contribution in [1.82, 2.24) is 19.5 Å². The number of rotatable bonds is 4. The van der Waals surface area contributed by atoms with Crippen molar-refractivity contribution in [1.29, 1.82) is 0 Å². The number of fused-ring (bicyclic) bond motifs is 2. The number of hydrogen-bond donors (Lipinski definition) is 1. The van der Waals surface area contributed by atoms with Gasteiger partial charge in [-0.15, -0.1) is 0 Å². The Balaban J connectivity index is 1.40. The normalized spacial score (nSPS) is 27.3. The predicted molar refractivity (Wildman–Crippen MR) is 103 cm³/mol. The van der Waals surface area contributed by atoms with Gasteiger partial charge in [-0.3, -0.25) is 9.36 Å². The highest BCUT2D eigenvalue weighted by Crippen LogP contribution is 2.43. The first-order chi connectivity index (χ1) is 14.4. The molecule has 5 rings (SSSR count). The van der Waals surface area contributed by atoms with Crippen LogP contribution in [0, 0.1) is 0 Å². The molecule has 2 aliphatic rings. The first-order valence-electron chi connectivity index (χ1n) is 9.56. The summed E-state index contributed by atoms with van der Waals surface area (Å²) >= 11 is 0. The molecular formula is C20H20N4O6. The number of aromatic amines is 1. The second kappa shape index (κ2) is 7.01. The number of ether oxygens (including phenoxy) is 4. The zero-order valence-electron chi connectivity index (χ0n) is 16.3. The molecule has 10 nitrogen and oxygen atoms in total. The molecule has 10 heteroatoms. The van der Waals surface area contributed by atoms with E-state index >= 15 is 0 Å². The van der Waals surface area contributed by atoms with Gasteiger partial charge in [-0.2, -0.15) is 0 Å². The van der Waals surface area contributed by atoms with Gasteiger partial charge in [0.25, 0.3) is 5.56 Å². The van der Waals surface area contributed by atoms with Crippen molar-refractivity contribution >= 4 is 17.1 Å². The predicted octanol–water partition coefficient (Wildman–Crippen LogP) is 1.39. The van der Waals surface area contributed by atoms with Crippen LogP contribution < -0.4 is 5.56 Å². The van der Waals surface area contributed by atoms with E-state index in [-0.39, 0.29) is 17.7 Å². The van der Waals surface area contributed by atoms with E-state index in [1.165, 1.54) is 12.7 Å². The summed E-state index contributed by atoms with van der Waals surface area (Å²) in [4.78, 5) is 35.2. The molecular weight excluding hydrogens is 392 g/mol. The summed E-state index contributed by atoms with van der Waals surface area (Å²) in [6.07, 6.45) is 0.642. The first-order valence-corrected chi connectivity index (χ1v) is 9.56. The molecule has 3 aromatic rings. The lowest BCUT2D eigenvalue weighted by Crippen LogP contribution is -2.33. The van der Waals surface area contributed by atoms with Crippen molar-refractivity contribution in [2.45, 2.75) is 44.2 Å². The Morgan fingerprint density at radius 2 is 1.97 bits per heavy atom. The topological polar surface area (TPSA) is 118 Å². The van der Waals surface area contributed by atoms with E-state index in [1.54, 1.807) is 28.8 Å². The molecule has 1 N–H and O–H groups in total. The van der Waals surface area contributed by atoms with Crippen LogP contribution in [-0.4, -0.2) is 56.2 Å². The lowest BCUT2D eigenvalue weighted by atomic mass is 10.1. The second-order valence-electron chi connectivity index (χ2n) is 7.65. The fourth-order valence-electron chi connectivity index (χ4n) is 3.88. The van der Waals surface area contributed by atoms with Crippen LogP contribution in [0.3, 0.4) is 0 Å². The fourth-order valence-corrected chi connectivity index (χ4v) is 3.88. The van der Waals surface area contributed by atoms with Gasteiger partial charge in [-0.25, -0.2) is 14.8 Å². The Labute approximate surface area is 170 Å². The number of carbonyl (C=O) groups is 1. The zero-order valence-corrected chi connectivity index (χ0v) is 16.3. The Hall–Kier alpha value is -3.08. The quantitative estimate of drug-likeness (QED) is 0.639. The number of aromatic nitrogens is 4. The van der Waals surface area contributed by atoms with Gasteiger partial charge in [-0.05, 0) is 26.0 Å². The highest BCUT2D eigenvalue weighted by atomic mass is 16.8. The average molecular weight is 412 g/mol. The van der Waals surface area contributed by atoms with Crippen LogP contribution in [0.4, 0.5) is 0 Å². The number of H-pyrrole nitrogens is 1. The molecule has 0 bridgehead atoms. The third-order valence-electron chi connectivity index (χ3n) is 5.15. The number of hydrogen-bond acceptors (Lipinski definition) is 8. The minimum absolute atomic E-state index is 0.00846. The summed E-state index contributed by atoms with van der Waals surface area (Å²) in [5, 5.41) is 0.